The minimum atomic E-state index is -0.402. The van der Waals surface area contributed by atoms with E-state index in [9.17, 15) is 4.39 Å². The maximum Gasteiger partial charge on any atom is 0.141 e. The fraction of sp³-hybridized carbons (Fsp3) is 0.250. The second-order valence-electron chi connectivity index (χ2n) is 4.71. The summed E-state index contributed by atoms with van der Waals surface area (Å²) in [5.74, 6) is -0.402. The second kappa shape index (κ2) is 7.59. The smallest absolute Gasteiger partial charge is 0.141 e. The zero-order valence-electron chi connectivity index (χ0n) is 11.5. The third kappa shape index (κ3) is 4.19. The van der Waals surface area contributed by atoms with E-state index < -0.39 is 5.82 Å². The van der Waals surface area contributed by atoms with Gasteiger partial charge in [-0.3, -0.25) is 0 Å². The third-order valence-corrected chi connectivity index (χ3v) is 4.83. The van der Waals surface area contributed by atoms with Crippen molar-refractivity contribution in [2.24, 2.45) is 0 Å². The van der Waals surface area contributed by atoms with Gasteiger partial charge in [0.15, 0.2) is 0 Å². The molecule has 0 saturated heterocycles. The van der Waals surface area contributed by atoms with Crippen LogP contribution >= 0.6 is 39.1 Å². The molecule has 0 aliphatic rings. The summed E-state index contributed by atoms with van der Waals surface area (Å²) in [6, 6.07) is 10.7. The molecule has 0 amide bonds. The first kappa shape index (κ1) is 16.8. The van der Waals surface area contributed by atoms with Crippen LogP contribution < -0.4 is 5.32 Å². The molecule has 1 unspecified atom stereocenters. The highest BCUT2D eigenvalue weighted by molar-refractivity contribution is 9.10. The Bertz CT molecular complexity index is 634. The summed E-state index contributed by atoms with van der Waals surface area (Å²) < 4.78 is 14.1. The lowest BCUT2D eigenvalue weighted by molar-refractivity contribution is 0.548. The van der Waals surface area contributed by atoms with E-state index in [4.69, 9.17) is 23.2 Å². The molecule has 2 aromatic carbocycles. The second-order valence-corrected chi connectivity index (χ2v) is 6.35. The van der Waals surface area contributed by atoms with Gasteiger partial charge in [0.05, 0.1) is 10.0 Å². The first-order valence-electron chi connectivity index (χ1n) is 6.64. The Kier molecular flexibility index (Phi) is 6.06. The molecule has 0 radical (unpaired) electrons. The topological polar surface area (TPSA) is 12.0 Å². The van der Waals surface area contributed by atoms with Gasteiger partial charge in [-0.1, -0.05) is 48.3 Å². The largest absolute Gasteiger partial charge is 0.310 e. The van der Waals surface area contributed by atoms with Crippen LogP contribution in [-0.2, 0) is 6.42 Å². The highest BCUT2D eigenvalue weighted by Gasteiger charge is 2.16. The molecule has 2 aromatic rings. The molecule has 0 heterocycles. The van der Waals surface area contributed by atoms with Crippen LogP contribution in [-0.4, -0.2) is 6.54 Å². The zero-order valence-corrected chi connectivity index (χ0v) is 14.6. The Morgan fingerprint density at radius 1 is 1.24 bits per heavy atom. The minimum Gasteiger partial charge on any atom is -0.310 e. The monoisotopic (exact) mass is 389 g/mol. The molecule has 0 fully saturated rings. The predicted molar refractivity (Wildman–Crippen MR) is 90.7 cm³/mol. The number of hydrogen-bond donors (Lipinski definition) is 1. The van der Waals surface area contributed by atoms with E-state index in [-0.39, 0.29) is 11.1 Å². The van der Waals surface area contributed by atoms with Gasteiger partial charge in [-0.2, -0.15) is 0 Å². The first-order chi connectivity index (χ1) is 10.0. The van der Waals surface area contributed by atoms with E-state index in [2.05, 4.69) is 21.2 Å². The van der Waals surface area contributed by atoms with Crippen molar-refractivity contribution in [3.8, 4) is 0 Å². The molecule has 112 valence electrons. The number of rotatable bonds is 5. The van der Waals surface area contributed by atoms with Gasteiger partial charge in [0, 0.05) is 10.5 Å². The van der Waals surface area contributed by atoms with Crippen LogP contribution in [0, 0.1) is 5.82 Å². The van der Waals surface area contributed by atoms with Crippen molar-refractivity contribution in [2.45, 2.75) is 19.4 Å². The van der Waals surface area contributed by atoms with Gasteiger partial charge >= 0.3 is 0 Å². The van der Waals surface area contributed by atoms with E-state index in [1.165, 1.54) is 6.07 Å². The van der Waals surface area contributed by atoms with Gasteiger partial charge in [0.1, 0.15) is 5.82 Å². The lowest BCUT2D eigenvalue weighted by Crippen LogP contribution is -2.23. The molecule has 2 rings (SSSR count). The number of halogens is 4. The molecule has 0 aliphatic heterocycles. The molecule has 21 heavy (non-hydrogen) atoms. The predicted octanol–water partition coefficient (Wildman–Crippen LogP) is 5.79. The van der Waals surface area contributed by atoms with Gasteiger partial charge in [-0.25, -0.2) is 4.39 Å². The Morgan fingerprint density at radius 3 is 2.67 bits per heavy atom. The molecule has 5 heteroatoms. The van der Waals surface area contributed by atoms with Crippen LogP contribution in [0.1, 0.15) is 24.1 Å². The van der Waals surface area contributed by atoms with Crippen molar-refractivity contribution in [3.05, 3.63) is 67.9 Å². The summed E-state index contributed by atoms with van der Waals surface area (Å²) in [7, 11) is 0. The zero-order chi connectivity index (χ0) is 15.4. The minimum absolute atomic E-state index is 0.0431. The van der Waals surface area contributed by atoms with Crippen LogP contribution in [0.4, 0.5) is 4.39 Å². The molecule has 1 atom stereocenters. The molecular weight excluding hydrogens is 376 g/mol. The molecule has 0 spiro atoms. The van der Waals surface area contributed by atoms with Gasteiger partial charge in [-0.15, -0.1) is 0 Å². The average molecular weight is 391 g/mol. The molecule has 0 aromatic heterocycles. The van der Waals surface area contributed by atoms with E-state index in [1.807, 2.05) is 25.1 Å². The van der Waals surface area contributed by atoms with Crippen molar-refractivity contribution < 1.29 is 4.39 Å². The maximum atomic E-state index is 13.2. The molecular formula is C16H15BrCl2FN. The Morgan fingerprint density at radius 2 is 2.00 bits per heavy atom. The van der Waals surface area contributed by atoms with Crippen molar-refractivity contribution in [2.75, 3.05) is 6.54 Å². The van der Waals surface area contributed by atoms with Gasteiger partial charge in [0.2, 0.25) is 0 Å². The summed E-state index contributed by atoms with van der Waals surface area (Å²) in [6.07, 6.45) is 0.685. The molecule has 0 saturated carbocycles. The first-order valence-corrected chi connectivity index (χ1v) is 8.19. The fourth-order valence-electron chi connectivity index (χ4n) is 2.23. The summed E-state index contributed by atoms with van der Waals surface area (Å²) in [6.45, 7) is 2.85. The number of hydrogen-bond acceptors (Lipinski definition) is 1. The lowest BCUT2D eigenvalue weighted by atomic mass is 9.98. The molecule has 0 aliphatic carbocycles. The highest BCUT2D eigenvalue weighted by Crippen LogP contribution is 2.32. The van der Waals surface area contributed by atoms with Crippen LogP contribution in [0.5, 0.6) is 0 Å². The lowest BCUT2D eigenvalue weighted by Gasteiger charge is -2.20. The molecule has 1 nitrogen and oxygen atoms in total. The van der Waals surface area contributed by atoms with Crippen LogP contribution in [0.2, 0.25) is 10.0 Å². The van der Waals surface area contributed by atoms with Gasteiger partial charge in [0.25, 0.3) is 0 Å². The maximum absolute atomic E-state index is 13.2. The normalized spacial score (nSPS) is 12.4. The number of nitrogens with one attached hydrogen (secondary N) is 1. The van der Waals surface area contributed by atoms with Crippen molar-refractivity contribution in [3.63, 3.8) is 0 Å². The molecule has 1 N–H and O–H groups in total. The summed E-state index contributed by atoms with van der Waals surface area (Å²) in [5.41, 5.74) is 1.97. The van der Waals surface area contributed by atoms with Crippen molar-refractivity contribution >= 4 is 39.1 Å². The summed E-state index contributed by atoms with van der Waals surface area (Å²) in [4.78, 5) is 0. The number of likely N-dealkylation sites (N-methyl/N-ethyl adjacent to an activating group) is 1. The van der Waals surface area contributed by atoms with Crippen molar-refractivity contribution in [1.82, 2.24) is 5.32 Å². The van der Waals surface area contributed by atoms with Crippen LogP contribution in [0.3, 0.4) is 0 Å². The Hall–Kier alpha value is -0.610. The third-order valence-electron chi connectivity index (χ3n) is 3.23. The quantitative estimate of drug-likeness (QED) is 0.681. The van der Waals surface area contributed by atoms with E-state index in [0.29, 0.717) is 11.4 Å². The summed E-state index contributed by atoms with van der Waals surface area (Å²) in [5, 5.41) is 4.24. The standard InChI is InChI=1S/C16H15BrCl2FN/c1-2-21-15(11-4-3-5-12(17)16(11)19)9-10-6-7-14(20)13(18)8-10/h3-8,15,21H,2,9H2,1H3. The van der Waals surface area contributed by atoms with E-state index in [0.717, 1.165) is 22.1 Å². The van der Waals surface area contributed by atoms with E-state index >= 15 is 0 Å². The Balaban J connectivity index is 2.30. The SMILES string of the molecule is CCNC(Cc1ccc(F)c(Cl)c1)c1cccc(Br)c1Cl. The van der Waals surface area contributed by atoms with E-state index in [1.54, 1.807) is 12.1 Å². The highest BCUT2D eigenvalue weighted by atomic mass is 79.9. The van der Waals surface area contributed by atoms with Gasteiger partial charge in [-0.05, 0) is 58.2 Å². The summed E-state index contributed by atoms with van der Waals surface area (Å²) >= 11 is 15.7. The van der Waals surface area contributed by atoms with Crippen molar-refractivity contribution in [1.29, 1.82) is 0 Å². The molecule has 0 bridgehead atoms. The Labute approximate surface area is 142 Å². The van der Waals surface area contributed by atoms with Gasteiger partial charge < -0.3 is 5.32 Å². The fourth-order valence-corrected chi connectivity index (χ4v) is 3.07. The van der Waals surface area contributed by atoms with Crippen LogP contribution in [0.25, 0.3) is 0 Å². The van der Waals surface area contributed by atoms with Crippen LogP contribution in [0.15, 0.2) is 40.9 Å². The average Bonchev–Trinajstić information content (AvgIpc) is 2.45. The number of benzene rings is 2.